The van der Waals surface area contributed by atoms with Crippen LogP contribution in [-0.2, 0) is 6.54 Å². The molecule has 0 aliphatic rings. The van der Waals surface area contributed by atoms with E-state index in [1.165, 1.54) is 0 Å². The summed E-state index contributed by atoms with van der Waals surface area (Å²) in [6.45, 7) is 4.47. The van der Waals surface area contributed by atoms with Gasteiger partial charge in [-0.15, -0.1) is 0 Å². The molecule has 1 heterocycles. The lowest BCUT2D eigenvalue weighted by molar-refractivity contribution is 0.0690. The summed E-state index contributed by atoms with van der Waals surface area (Å²) < 4.78 is 0. The Morgan fingerprint density at radius 1 is 1.38 bits per heavy atom. The summed E-state index contributed by atoms with van der Waals surface area (Å²) in [7, 11) is 0. The van der Waals surface area contributed by atoms with Crippen molar-refractivity contribution < 1.29 is 4.79 Å². The lowest BCUT2D eigenvalue weighted by atomic mass is 10.1. The molecule has 0 aliphatic heterocycles. The molecule has 5 heteroatoms. The summed E-state index contributed by atoms with van der Waals surface area (Å²) in [4.78, 5) is 18.5. The molecule has 0 spiro atoms. The monoisotopic (exact) mass is 303 g/mol. The second kappa shape index (κ2) is 6.59. The molecule has 110 valence electrons. The zero-order chi connectivity index (χ0) is 15.4. The van der Waals surface area contributed by atoms with Gasteiger partial charge < -0.3 is 10.6 Å². The molecular weight excluding hydrogens is 286 g/mol. The largest absolute Gasteiger partial charge is 0.398 e. The van der Waals surface area contributed by atoms with Gasteiger partial charge in [-0.3, -0.25) is 9.78 Å². The number of nitrogens with two attached hydrogens (primary N) is 1. The summed E-state index contributed by atoms with van der Waals surface area (Å²) in [6, 6.07) is 8.83. The van der Waals surface area contributed by atoms with E-state index < -0.39 is 0 Å². The Hall–Kier alpha value is -2.07. The summed E-state index contributed by atoms with van der Waals surface area (Å²) in [5.41, 5.74) is 7.71. The van der Waals surface area contributed by atoms with Crippen LogP contribution in [0.5, 0.6) is 0 Å². The Labute approximate surface area is 129 Å². The minimum atomic E-state index is -0.0720. The van der Waals surface area contributed by atoms with Gasteiger partial charge >= 0.3 is 0 Å². The topological polar surface area (TPSA) is 59.2 Å². The third kappa shape index (κ3) is 3.73. The number of nitrogens with zero attached hydrogens (tertiary/aromatic N) is 2. The number of pyridine rings is 1. The molecule has 1 amide bonds. The number of carbonyl (C=O) groups excluding carboxylic acids is 1. The molecule has 0 saturated carbocycles. The maximum Gasteiger partial charge on any atom is 0.254 e. The van der Waals surface area contributed by atoms with Crippen molar-refractivity contribution in [2.75, 3.05) is 5.73 Å². The van der Waals surface area contributed by atoms with E-state index in [0.29, 0.717) is 22.8 Å². The molecule has 0 radical (unpaired) electrons. The van der Waals surface area contributed by atoms with Gasteiger partial charge in [0.15, 0.2) is 0 Å². The highest BCUT2D eigenvalue weighted by molar-refractivity contribution is 6.33. The van der Waals surface area contributed by atoms with Gasteiger partial charge in [0.1, 0.15) is 0 Å². The van der Waals surface area contributed by atoms with Gasteiger partial charge in [0.2, 0.25) is 0 Å². The first kappa shape index (κ1) is 15.3. The van der Waals surface area contributed by atoms with Gasteiger partial charge in [-0.1, -0.05) is 17.7 Å². The maximum absolute atomic E-state index is 12.7. The number of carbonyl (C=O) groups is 1. The number of rotatable bonds is 4. The fourth-order valence-electron chi connectivity index (χ4n) is 2.02. The molecule has 1 aromatic carbocycles. The molecule has 21 heavy (non-hydrogen) atoms. The molecule has 0 aliphatic carbocycles. The van der Waals surface area contributed by atoms with Gasteiger partial charge in [-0.05, 0) is 43.7 Å². The molecule has 0 unspecified atom stereocenters. The predicted molar refractivity (Wildman–Crippen MR) is 85.1 cm³/mol. The van der Waals surface area contributed by atoms with Crippen LogP contribution in [0.3, 0.4) is 0 Å². The highest BCUT2D eigenvalue weighted by atomic mass is 35.5. The minimum absolute atomic E-state index is 0.0645. The van der Waals surface area contributed by atoms with Crippen molar-refractivity contribution in [2.24, 2.45) is 0 Å². The smallest absolute Gasteiger partial charge is 0.254 e. The van der Waals surface area contributed by atoms with Gasteiger partial charge in [0, 0.05) is 30.5 Å². The Balaban J connectivity index is 2.25. The van der Waals surface area contributed by atoms with Crippen molar-refractivity contribution in [2.45, 2.75) is 26.4 Å². The van der Waals surface area contributed by atoms with Crippen LogP contribution >= 0.6 is 11.6 Å². The second-order valence-electron chi connectivity index (χ2n) is 5.12. The fraction of sp³-hybridized carbons (Fsp3) is 0.250. The molecule has 0 atom stereocenters. The third-order valence-electron chi connectivity index (χ3n) is 3.20. The summed E-state index contributed by atoms with van der Waals surface area (Å²) >= 11 is 5.90. The van der Waals surface area contributed by atoms with E-state index in [0.717, 1.165) is 5.56 Å². The van der Waals surface area contributed by atoms with Crippen LogP contribution in [-0.4, -0.2) is 21.8 Å². The van der Waals surface area contributed by atoms with E-state index in [1.54, 1.807) is 35.5 Å². The molecule has 2 N–H and O–H groups in total. The van der Waals surface area contributed by atoms with Crippen molar-refractivity contribution in [3.05, 3.63) is 58.9 Å². The van der Waals surface area contributed by atoms with Gasteiger partial charge in [-0.2, -0.15) is 0 Å². The van der Waals surface area contributed by atoms with Crippen molar-refractivity contribution in [3.8, 4) is 0 Å². The minimum Gasteiger partial charge on any atom is -0.398 e. The zero-order valence-corrected chi connectivity index (χ0v) is 12.8. The highest BCUT2D eigenvalue weighted by Crippen LogP contribution is 2.21. The molecule has 0 fully saturated rings. The van der Waals surface area contributed by atoms with Gasteiger partial charge in [0.05, 0.1) is 10.7 Å². The van der Waals surface area contributed by atoms with Crippen LogP contribution in [0.1, 0.15) is 29.8 Å². The number of anilines is 1. The van der Waals surface area contributed by atoms with Crippen LogP contribution in [0.2, 0.25) is 5.02 Å². The lowest BCUT2D eigenvalue weighted by Gasteiger charge is -2.27. The Bertz CT molecular complexity index is 629. The molecule has 0 saturated heterocycles. The van der Waals surface area contributed by atoms with Gasteiger partial charge in [-0.25, -0.2) is 0 Å². The van der Waals surface area contributed by atoms with E-state index in [1.807, 2.05) is 26.0 Å². The summed E-state index contributed by atoms with van der Waals surface area (Å²) in [5.74, 6) is -0.0720. The van der Waals surface area contributed by atoms with E-state index in [-0.39, 0.29) is 11.9 Å². The Morgan fingerprint density at radius 2 is 2.14 bits per heavy atom. The standard InChI is InChI=1S/C16H18ClN3O/c1-11(2)20(10-12-4-3-7-19-9-12)16(21)13-5-6-14(17)15(18)8-13/h3-9,11H,10,18H2,1-2H3. The third-order valence-corrected chi connectivity index (χ3v) is 3.55. The first-order valence-corrected chi connectivity index (χ1v) is 7.11. The second-order valence-corrected chi connectivity index (χ2v) is 5.53. The van der Waals surface area contributed by atoms with E-state index in [2.05, 4.69) is 4.98 Å². The molecule has 1 aromatic heterocycles. The van der Waals surface area contributed by atoms with Crippen LogP contribution in [0.25, 0.3) is 0 Å². The number of aromatic nitrogens is 1. The van der Waals surface area contributed by atoms with Crippen molar-refractivity contribution in [1.29, 1.82) is 0 Å². The Kier molecular flexibility index (Phi) is 4.81. The predicted octanol–water partition coefficient (Wildman–Crippen LogP) is 3.37. The number of halogens is 1. The fourth-order valence-corrected chi connectivity index (χ4v) is 2.14. The summed E-state index contributed by atoms with van der Waals surface area (Å²) in [6.07, 6.45) is 3.48. The summed E-state index contributed by atoms with van der Waals surface area (Å²) in [5, 5.41) is 0.454. The molecular formula is C16H18ClN3O. The van der Waals surface area contributed by atoms with Crippen LogP contribution in [0.15, 0.2) is 42.7 Å². The van der Waals surface area contributed by atoms with Gasteiger partial charge in [0.25, 0.3) is 5.91 Å². The lowest BCUT2D eigenvalue weighted by Crippen LogP contribution is -2.36. The normalized spacial score (nSPS) is 10.7. The van der Waals surface area contributed by atoms with Crippen LogP contribution < -0.4 is 5.73 Å². The highest BCUT2D eigenvalue weighted by Gasteiger charge is 2.19. The number of amides is 1. The molecule has 2 aromatic rings. The van der Waals surface area contributed by atoms with Crippen LogP contribution in [0, 0.1) is 0 Å². The average molecular weight is 304 g/mol. The number of hydrogen-bond acceptors (Lipinski definition) is 3. The number of nitrogen functional groups attached to an aromatic ring is 1. The van der Waals surface area contributed by atoms with Crippen molar-refractivity contribution in [1.82, 2.24) is 9.88 Å². The number of hydrogen-bond donors (Lipinski definition) is 1. The number of benzene rings is 1. The molecule has 4 nitrogen and oxygen atoms in total. The van der Waals surface area contributed by atoms with Crippen molar-refractivity contribution >= 4 is 23.2 Å². The Morgan fingerprint density at radius 3 is 2.71 bits per heavy atom. The van der Waals surface area contributed by atoms with E-state index in [9.17, 15) is 4.79 Å². The molecule has 2 rings (SSSR count). The SMILES string of the molecule is CC(C)N(Cc1cccnc1)C(=O)c1ccc(Cl)c(N)c1. The quantitative estimate of drug-likeness (QED) is 0.881. The zero-order valence-electron chi connectivity index (χ0n) is 12.1. The maximum atomic E-state index is 12.7. The average Bonchev–Trinajstić information content (AvgIpc) is 2.47. The van der Waals surface area contributed by atoms with Crippen LogP contribution in [0.4, 0.5) is 5.69 Å². The van der Waals surface area contributed by atoms with E-state index in [4.69, 9.17) is 17.3 Å². The first-order chi connectivity index (χ1) is 9.99. The molecule has 0 bridgehead atoms. The first-order valence-electron chi connectivity index (χ1n) is 6.74. The van der Waals surface area contributed by atoms with Crippen molar-refractivity contribution in [3.63, 3.8) is 0 Å². The van der Waals surface area contributed by atoms with E-state index >= 15 is 0 Å².